The van der Waals surface area contributed by atoms with Crippen LogP contribution in [0.15, 0.2) is 24.3 Å². The Morgan fingerprint density at radius 1 is 1.21 bits per heavy atom. The maximum absolute atomic E-state index is 12.4. The molecule has 5 heteroatoms. The van der Waals surface area contributed by atoms with E-state index in [0.29, 0.717) is 18.9 Å². The lowest BCUT2D eigenvalue weighted by molar-refractivity contribution is -0.122. The van der Waals surface area contributed by atoms with E-state index in [9.17, 15) is 9.59 Å². The molecule has 1 aromatic rings. The third kappa shape index (κ3) is 4.15. The predicted octanol–water partition coefficient (Wildman–Crippen LogP) is 2.67. The molecule has 0 bridgehead atoms. The highest BCUT2D eigenvalue weighted by atomic mass is 16.2. The normalized spacial score (nSPS) is 21.8. The highest BCUT2D eigenvalue weighted by molar-refractivity contribution is 5.99. The molecule has 5 nitrogen and oxygen atoms in total. The Kier molecular flexibility index (Phi) is 5.51. The average Bonchev–Trinajstić information content (AvgIpc) is 3.04. The van der Waals surface area contributed by atoms with Crippen LogP contribution in [0.25, 0.3) is 0 Å². The van der Waals surface area contributed by atoms with Gasteiger partial charge in [-0.15, -0.1) is 0 Å². The number of nitrogens with zero attached hydrogens (tertiary/aromatic N) is 1. The second-order valence-electron chi connectivity index (χ2n) is 7.01. The van der Waals surface area contributed by atoms with E-state index in [4.69, 9.17) is 0 Å². The van der Waals surface area contributed by atoms with Gasteiger partial charge in [-0.05, 0) is 37.9 Å². The van der Waals surface area contributed by atoms with Crippen molar-refractivity contribution in [2.24, 2.45) is 0 Å². The number of amides is 2. The molecule has 0 radical (unpaired) electrons. The molecule has 2 N–H and O–H groups in total. The Bertz CT molecular complexity index is 596. The zero-order valence-electron chi connectivity index (χ0n) is 14.4. The minimum Gasteiger partial charge on any atom is -0.344 e. The monoisotopic (exact) mass is 329 g/mol. The summed E-state index contributed by atoms with van der Waals surface area (Å²) in [5.74, 6) is -0.158. The van der Waals surface area contributed by atoms with E-state index in [-0.39, 0.29) is 11.8 Å². The molecule has 2 fully saturated rings. The number of hydrogen-bond acceptors (Lipinski definition) is 3. The van der Waals surface area contributed by atoms with Gasteiger partial charge in [-0.3, -0.25) is 14.5 Å². The zero-order chi connectivity index (χ0) is 16.9. The van der Waals surface area contributed by atoms with Gasteiger partial charge in [-0.2, -0.15) is 0 Å². The summed E-state index contributed by atoms with van der Waals surface area (Å²) in [6, 6.07) is 8.20. The molecule has 0 aromatic heterocycles. The molecule has 130 valence electrons. The van der Waals surface area contributed by atoms with Gasteiger partial charge in [0.25, 0.3) is 0 Å². The molecule has 1 atom stereocenters. The maximum atomic E-state index is 12.4. The summed E-state index contributed by atoms with van der Waals surface area (Å²) in [6.07, 6.45) is 7.52. The van der Waals surface area contributed by atoms with Crippen molar-refractivity contribution in [3.05, 3.63) is 29.8 Å². The topological polar surface area (TPSA) is 61.4 Å². The molecule has 3 rings (SSSR count). The van der Waals surface area contributed by atoms with Gasteiger partial charge >= 0.3 is 0 Å². The van der Waals surface area contributed by atoms with E-state index < -0.39 is 6.04 Å². The van der Waals surface area contributed by atoms with Crippen LogP contribution in [0, 0.1) is 0 Å². The minimum absolute atomic E-state index is 0.0412. The number of benzene rings is 1. The van der Waals surface area contributed by atoms with E-state index in [0.717, 1.165) is 17.8 Å². The highest BCUT2D eigenvalue weighted by Crippen LogP contribution is 2.25. The summed E-state index contributed by atoms with van der Waals surface area (Å²) in [7, 11) is 2.17. The summed E-state index contributed by atoms with van der Waals surface area (Å²) < 4.78 is 0. The molecule has 2 amide bonds. The first-order valence-electron chi connectivity index (χ1n) is 9.02. The molecular weight excluding hydrogens is 302 g/mol. The summed E-state index contributed by atoms with van der Waals surface area (Å²) in [5.41, 5.74) is 1.98. The van der Waals surface area contributed by atoms with E-state index >= 15 is 0 Å². The van der Waals surface area contributed by atoms with Crippen molar-refractivity contribution >= 4 is 17.5 Å². The Morgan fingerprint density at radius 2 is 1.96 bits per heavy atom. The Balaban J connectivity index is 1.64. The number of nitrogens with one attached hydrogen (secondary N) is 2. The molecule has 24 heavy (non-hydrogen) atoms. The van der Waals surface area contributed by atoms with Gasteiger partial charge in [0.05, 0.1) is 0 Å². The lowest BCUT2D eigenvalue weighted by atomic mass is 9.94. The number of hydrogen-bond donors (Lipinski definition) is 2. The molecule has 1 heterocycles. The van der Waals surface area contributed by atoms with Crippen LogP contribution >= 0.6 is 0 Å². The number of anilines is 1. The fourth-order valence-electron chi connectivity index (χ4n) is 3.73. The van der Waals surface area contributed by atoms with Crippen LogP contribution in [0.4, 0.5) is 5.69 Å². The molecule has 0 spiro atoms. The Hall–Kier alpha value is -1.88. The van der Waals surface area contributed by atoms with Crippen LogP contribution in [-0.2, 0) is 16.1 Å². The fraction of sp³-hybridized carbons (Fsp3) is 0.579. The van der Waals surface area contributed by atoms with E-state index in [1.807, 2.05) is 18.2 Å². The molecule has 1 saturated carbocycles. The van der Waals surface area contributed by atoms with Gasteiger partial charge in [-0.25, -0.2) is 0 Å². The summed E-state index contributed by atoms with van der Waals surface area (Å²) in [5, 5.41) is 5.73. The van der Waals surface area contributed by atoms with Crippen LogP contribution in [0.2, 0.25) is 0 Å². The van der Waals surface area contributed by atoms with Crippen molar-refractivity contribution in [1.29, 1.82) is 0 Å². The van der Waals surface area contributed by atoms with Gasteiger partial charge in [0.1, 0.15) is 6.04 Å². The van der Waals surface area contributed by atoms with Crippen molar-refractivity contribution in [2.75, 3.05) is 12.4 Å². The summed E-state index contributed by atoms with van der Waals surface area (Å²) >= 11 is 0. The van der Waals surface area contributed by atoms with Crippen LogP contribution in [0.3, 0.4) is 0 Å². The zero-order valence-corrected chi connectivity index (χ0v) is 14.4. The van der Waals surface area contributed by atoms with Crippen molar-refractivity contribution < 1.29 is 9.59 Å². The number of para-hydroxylation sites is 1. The highest BCUT2D eigenvalue weighted by Gasteiger charge is 2.27. The SMILES string of the molecule is CN(Cc1ccccc1NC(=O)[C@H]1CCC(=O)N1)C1CCCCC1. The van der Waals surface area contributed by atoms with Crippen molar-refractivity contribution in [1.82, 2.24) is 10.2 Å². The van der Waals surface area contributed by atoms with Gasteiger partial charge in [0.15, 0.2) is 0 Å². The van der Waals surface area contributed by atoms with Crippen molar-refractivity contribution in [2.45, 2.75) is 63.6 Å². The third-order valence-electron chi connectivity index (χ3n) is 5.20. The number of rotatable bonds is 5. The first-order chi connectivity index (χ1) is 11.6. The molecular formula is C19H27N3O2. The first-order valence-corrected chi connectivity index (χ1v) is 9.02. The van der Waals surface area contributed by atoms with Gasteiger partial charge in [0, 0.05) is 24.7 Å². The van der Waals surface area contributed by atoms with Gasteiger partial charge < -0.3 is 10.6 Å². The smallest absolute Gasteiger partial charge is 0.246 e. The average molecular weight is 329 g/mol. The molecule has 0 unspecified atom stereocenters. The third-order valence-corrected chi connectivity index (χ3v) is 5.20. The molecule has 1 aliphatic carbocycles. The van der Waals surface area contributed by atoms with Gasteiger partial charge in [0.2, 0.25) is 11.8 Å². The quantitative estimate of drug-likeness (QED) is 0.873. The Labute approximate surface area is 143 Å². The lowest BCUT2D eigenvalue weighted by Gasteiger charge is -2.31. The second kappa shape index (κ2) is 7.79. The molecule has 1 aromatic carbocycles. The van der Waals surface area contributed by atoms with Crippen LogP contribution in [0.1, 0.15) is 50.5 Å². The Morgan fingerprint density at radius 3 is 2.67 bits per heavy atom. The number of carbonyl (C=O) groups excluding carboxylic acids is 2. The van der Waals surface area contributed by atoms with E-state index in [2.05, 4.69) is 28.6 Å². The maximum Gasteiger partial charge on any atom is 0.246 e. The van der Waals surface area contributed by atoms with E-state index in [1.54, 1.807) is 0 Å². The fourth-order valence-corrected chi connectivity index (χ4v) is 3.73. The molecule has 2 aliphatic rings. The van der Waals surface area contributed by atoms with Crippen molar-refractivity contribution in [3.63, 3.8) is 0 Å². The van der Waals surface area contributed by atoms with Crippen LogP contribution in [0.5, 0.6) is 0 Å². The van der Waals surface area contributed by atoms with E-state index in [1.165, 1.54) is 32.1 Å². The van der Waals surface area contributed by atoms with Crippen LogP contribution in [-0.4, -0.2) is 35.8 Å². The standard InChI is InChI=1S/C19H27N3O2/c1-22(15-8-3-2-4-9-15)13-14-7-5-6-10-16(14)21-19(24)17-11-12-18(23)20-17/h5-7,10,15,17H,2-4,8-9,11-13H2,1H3,(H,20,23)(H,21,24)/t17-/m1/s1. The molecule has 1 saturated heterocycles. The second-order valence-corrected chi connectivity index (χ2v) is 7.01. The summed E-state index contributed by atoms with van der Waals surface area (Å²) in [4.78, 5) is 26.1. The van der Waals surface area contributed by atoms with Crippen LogP contribution < -0.4 is 10.6 Å². The molecule has 1 aliphatic heterocycles. The minimum atomic E-state index is -0.401. The predicted molar refractivity (Wildman–Crippen MR) is 94.6 cm³/mol. The first kappa shape index (κ1) is 17.0. The van der Waals surface area contributed by atoms with Crippen molar-refractivity contribution in [3.8, 4) is 0 Å². The summed E-state index contributed by atoms with van der Waals surface area (Å²) in [6.45, 7) is 0.831. The number of carbonyl (C=O) groups is 2. The lowest BCUT2D eigenvalue weighted by Crippen LogP contribution is -2.37. The van der Waals surface area contributed by atoms with Gasteiger partial charge in [-0.1, -0.05) is 37.5 Å². The largest absolute Gasteiger partial charge is 0.344 e.